The van der Waals surface area contributed by atoms with Crippen molar-refractivity contribution in [3.63, 3.8) is 0 Å². The van der Waals surface area contributed by atoms with Gasteiger partial charge in [-0.05, 0) is 45.6 Å². The van der Waals surface area contributed by atoms with Crippen LogP contribution in [0.1, 0.15) is 56.3 Å². The van der Waals surface area contributed by atoms with Crippen molar-refractivity contribution in [3.8, 4) is 0 Å². The molecule has 0 aliphatic heterocycles. The molecule has 2 fully saturated rings. The van der Waals surface area contributed by atoms with Gasteiger partial charge in [0.05, 0.1) is 5.69 Å². The Labute approximate surface area is 121 Å². The van der Waals surface area contributed by atoms with Crippen LogP contribution in [0, 0.1) is 13.8 Å². The quantitative estimate of drug-likeness (QED) is 0.828. The third-order valence-electron chi connectivity index (χ3n) is 4.59. The van der Waals surface area contributed by atoms with E-state index in [1.807, 2.05) is 11.6 Å². The fourth-order valence-corrected chi connectivity index (χ4v) is 3.47. The minimum Gasteiger partial charge on any atom is -0.337 e. The lowest BCUT2D eigenvalue weighted by molar-refractivity contribution is -0.134. The number of aryl methyl sites for hydroxylation is 3. The largest absolute Gasteiger partial charge is 0.337 e. The van der Waals surface area contributed by atoms with Crippen molar-refractivity contribution >= 4 is 5.91 Å². The smallest absolute Gasteiger partial charge is 0.224 e. The molecule has 0 unspecified atom stereocenters. The van der Waals surface area contributed by atoms with Crippen LogP contribution in [0.2, 0.25) is 0 Å². The SMILES string of the molecule is Cc1cc(C)n(CCC(=O)N(C2CCCC2)C2CC2)n1. The van der Waals surface area contributed by atoms with Gasteiger partial charge in [-0.2, -0.15) is 5.10 Å². The lowest BCUT2D eigenvalue weighted by Gasteiger charge is -2.29. The van der Waals surface area contributed by atoms with Crippen molar-refractivity contribution in [2.45, 2.75) is 77.4 Å². The number of hydrogen-bond acceptors (Lipinski definition) is 2. The van der Waals surface area contributed by atoms with E-state index in [0.717, 1.165) is 11.4 Å². The summed E-state index contributed by atoms with van der Waals surface area (Å²) in [5.74, 6) is 0.340. The van der Waals surface area contributed by atoms with Gasteiger partial charge in [-0.3, -0.25) is 9.48 Å². The van der Waals surface area contributed by atoms with E-state index in [1.165, 1.54) is 38.5 Å². The molecule has 1 aromatic heterocycles. The fraction of sp³-hybridized carbons (Fsp3) is 0.750. The first kappa shape index (κ1) is 13.7. The molecule has 2 aliphatic rings. The van der Waals surface area contributed by atoms with Gasteiger partial charge in [0, 0.05) is 30.7 Å². The zero-order valence-electron chi connectivity index (χ0n) is 12.6. The maximum Gasteiger partial charge on any atom is 0.224 e. The standard InChI is InChI=1S/C16H25N3O/c1-12-11-13(2)18(17-12)10-9-16(20)19(15-7-8-15)14-5-3-4-6-14/h11,14-15H,3-10H2,1-2H3. The molecule has 2 aliphatic carbocycles. The maximum absolute atomic E-state index is 12.6. The van der Waals surface area contributed by atoms with E-state index in [-0.39, 0.29) is 0 Å². The molecular weight excluding hydrogens is 250 g/mol. The highest BCUT2D eigenvalue weighted by Crippen LogP contribution is 2.34. The lowest BCUT2D eigenvalue weighted by atomic mass is 10.2. The molecule has 4 nitrogen and oxygen atoms in total. The van der Waals surface area contributed by atoms with Gasteiger partial charge in [0.2, 0.25) is 5.91 Å². The number of nitrogens with zero attached hydrogens (tertiary/aromatic N) is 3. The van der Waals surface area contributed by atoms with Crippen LogP contribution in [0.5, 0.6) is 0 Å². The number of carbonyl (C=O) groups is 1. The molecule has 0 N–H and O–H groups in total. The number of amides is 1. The maximum atomic E-state index is 12.6. The van der Waals surface area contributed by atoms with Gasteiger partial charge in [0.25, 0.3) is 0 Å². The predicted molar refractivity (Wildman–Crippen MR) is 78.4 cm³/mol. The summed E-state index contributed by atoms with van der Waals surface area (Å²) in [6.45, 7) is 4.77. The molecule has 110 valence electrons. The average Bonchev–Trinajstić information content (AvgIpc) is 2.97. The van der Waals surface area contributed by atoms with E-state index in [9.17, 15) is 4.79 Å². The zero-order valence-corrected chi connectivity index (χ0v) is 12.6. The number of rotatable bonds is 5. The average molecular weight is 275 g/mol. The number of carbonyl (C=O) groups excluding carboxylic acids is 1. The van der Waals surface area contributed by atoms with Crippen molar-refractivity contribution in [2.24, 2.45) is 0 Å². The molecule has 0 bridgehead atoms. The molecule has 0 spiro atoms. The monoisotopic (exact) mass is 275 g/mol. The summed E-state index contributed by atoms with van der Waals surface area (Å²) >= 11 is 0. The van der Waals surface area contributed by atoms with Crippen LogP contribution in [0.4, 0.5) is 0 Å². The first-order chi connectivity index (χ1) is 9.65. The second kappa shape index (κ2) is 5.58. The number of aromatic nitrogens is 2. The molecule has 2 saturated carbocycles. The Morgan fingerprint density at radius 1 is 1.25 bits per heavy atom. The van der Waals surface area contributed by atoms with E-state index in [4.69, 9.17) is 0 Å². The van der Waals surface area contributed by atoms with E-state index in [0.29, 0.717) is 31.0 Å². The van der Waals surface area contributed by atoms with Crippen LogP contribution in [0.25, 0.3) is 0 Å². The lowest BCUT2D eigenvalue weighted by Crippen LogP contribution is -2.41. The molecule has 1 heterocycles. The Bertz CT molecular complexity index is 484. The van der Waals surface area contributed by atoms with Crippen LogP contribution in [0.15, 0.2) is 6.07 Å². The van der Waals surface area contributed by atoms with Crippen LogP contribution >= 0.6 is 0 Å². The molecule has 20 heavy (non-hydrogen) atoms. The molecule has 0 radical (unpaired) electrons. The molecule has 0 atom stereocenters. The summed E-state index contributed by atoms with van der Waals surface area (Å²) < 4.78 is 1.97. The highest BCUT2D eigenvalue weighted by Gasteiger charge is 2.37. The van der Waals surface area contributed by atoms with Crippen molar-refractivity contribution < 1.29 is 4.79 Å². The minimum atomic E-state index is 0.340. The second-order valence-electron chi connectivity index (χ2n) is 6.37. The Kier molecular flexibility index (Phi) is 3.81. The molecule has 0 saturated heterocycles. The molecule has 1 amide bonds. The van der Waals surface area contributed by atoms with Gasteiger partial charge in [-0.1, -0.05) is 12.8 Å². The highest BCUT2D eigenvalue weighted by molar-refractivity contribution is 5.77. The van der Waals surface area contributed by atoms with Gasteiger partial charge in [0.1, 0.15) is 0 Å². The summed E-state index contributed by atoms with van der Waals surface area (Å²) in [5.41, 5.74) is 2.18. The van der Waals surface area contributed by atoms with E-state index in [1.54, 1.807) is 0 Å². The Morgan fingerprint density at radius 3 is 2.45 bits per heavy atom. The van der Waals surface area contributed by atoms with Crippen molar-refractivity contribution in [1.82, 2.24) is 14.7 Å². The predicted octanol–water partition coefficient (Wildman–Crippen LogP) is 2.82. The first-order valence-electron chi connectivity index (χ1n) is 7.97. The van der Waals surface area contributed by atoms with E-state index >= 15 is 0 Å². The summed E-state index contributed by atoms with van der Waals surface area (Å²) in [7, 11) is 0. The normalized spacial score (nSPS) is 19.5. The van der Waals surface area contributed by atoms with Crippen molar-refractivity contribution in [1.29, 1.82) is 0 Å². The Hall–Kier alpha value is -1.32. The molecule has 0 aromatic carbocycles. The fourth-order valence-electron chi connectivity index (χ4n) is 3.47. The van der Waals surface area contributed by atoms with E-state index < -0.39 is 0 Å². The van der Waals surface area contributed by atoms with Crippen molar-refractivity contribution in [2.75, 3.05) is 0 Å². The summed E-state index contributed by atoms with van der Waals surface area (Å²) in [6, 6.07) is 3.14. The third-order valence-corrected chi connectivity index (χ3v) is 4.59. The topological polar surface area (TPSA) is 38.1 Å². The van der Waals surface area contributed by atoms with Gasteiger partial charge in [0.15, 0.2) is 0 Å². The molecular formula is C16H25N3O. The van der Waals surface area contributed by atoms with Crippen LogP contribution in [0.3, 0.4) is 0 Å². The number of hydrogen-bond donors (Lipinski definition) is 0. The van der Waals surface area contributed by atoms with Crippen LogP contribution in [-0.2, 0) is 11.3 Å². The van der Waals surface area contributed by atoms with Crippen LogP contribution in [-0.4, -0.2) is 32.7 Å². The van der Waals surface area contributed by atoms with Crippen LogP contribution < -0.4 is 0 Å². The first-order valence-corrected chi connectivity index (χ1v) is 7.97. The van der Waals surface area contributed by atoms with E-state index in [2.05, 4.69) is 23.0 Å². The second-order valence-corrected chi connectivity index (χ2v) is 6.37. The van der Waals surface area contributed by atoms with Crippen molar-refractivity contribution in [3.05, 3.63) is 17.5 Å². The molecule has 1 aromatic rings. The zero-order chi connectivity index (χ0) is 14.1. The molecule has 3 rings (SSSR count). The highest BCUT2D eigenvalue weighted by atomic mass is 16.2. The van der Waals surface area contributed by atoms with Gasteiger partial charge in [-0.15, -0.1) is 0 Å². The van der Waals surface area contributed by atoms with Gasteiger partial charge in [-0.25, -0.2) is 0 Å². The Morgan fingerprint density at radius 2 is 1.90 bits per heavy atom. The summed E-state index contributed by atoms with van der Waals surface area (Å²) in [5, 5.41) is 4.45. The summed E-state index contributed by atoms with van der Waals surface area (Å²) in [6.07, 6.45) is 8.01. The third kappa shape index (κ3) is 2.89. The Balaban J connectivity index is 1.60. The summed E-state index contributed by atoms with van der Waals surface area (Å²) in [4.78, 5) is 14.8. The van der Waals surface area contributed by atoms with Gasteiger partial charge < -0.3 is 4.90 Å². The van der Waals surface area contributed by atoms with Gasteiger partial charge >= 0.3 is 0 Å². The molecule has 4 heteroatoms. The minimum absolute atomic E-state index is 0.340.